The van der Waals surface area contributed by atoms with Gasteiger partial charge in [0.2, 0.25) is 0 Å². The Morgan fingerprint density at radius 3 is 2.50 bits per heavy atom. The normalized spacial score (nSPS) is 11.9. The van der Waals surface area contributed by atoms with Crippen LogP contribution >= 0.6 is 11.3 Å². The number of aromatic nitrogens is 3. The van der Waals surface area contributed by atoms with Crippen molar-refractivity contribution in [1.82, 2.24) is 15.0 Å². The number of aryl methyl sites for hydroxylation is 1. The number of aromatic amines is 1. The van der Waals surface area contributed by atoms with Crippen LogP contribution in [0.15, 0.2) is 90.3 Å². The third-order valence-corrected chi connectivity index (χ3v) is 7.49. The number of ether oxygens (including phenoxy) is 1. The second-order valence-electron chi connectivity index (χ2n) is 9.57. The van der Waals surface area contributed by atoms with E-state index in [1.54, 1.807) is 25.1 Å². The molecule has 0 aliphatic heterocycles. The highest BCUT2D eigenvalue weighted by Crippen LogP contribution is 2.28. The lowest BCUT2D eigenvalue weighted by atomic mass is 10.1. The van der Waals surface area contributed by atoms with Gasteiger partial charge >= 0.3 is 5.97 Å². The summed E-state index contributed by atoms with van der Waals surface area (Å²) in [7, 11) is 0. The molecule has 0 bridgehead atoms. The SMILES string of the molecule is CCC(OC(=O)c1ccc2nc(-c3ccc(C)cc3)[nH]c2c1)C(=O)Nc1nc(-c2ccc3ccccc3c2)cs1. The maximum atomic E-state index is 13.0. The average Bonchev–Trinajstić information content (AvgIpc) is 3.62. The first-order valence-corrected chi connectivity index (χ1v) is 13.9. The Morgan fingerprint density at radius 1 is 0.925 bits per heavy atom. The van der Waals surface area contributed by atoms with Gasteiger partial charge in [-0.3, -0.25) is 10.1 Å². The number of hydrogen-bond donors (Lipinski definition) is 2. The lowest BCUT2D eigenvalue weighted by molar-refractivity contribution is -0.124. The Bertz CT molecular complexity index is 1860. The number of esters is 1. The largest absolute Gasteiger partial charge is 0.449 e. The van der Waals surface area contributed by atoms with Crippen molar-refractivity contribution in [2.45, 2.75) is 26.4 Å². The van der Waals surface area contributed by atoms with E-state index in [9.17, 15) is 9.59 Å². The Morgan fingerprint density at radius 2 is 1.70 bits per heavy atom. The molecule has 0 spiro atoms. The van der Waals surface area contributed by atoms with Gasteiger partial charge in [-0.25, -0.2) is 14.8 Å². The predicted molar refractivity (Wildman–Crippen MR) is 159 cm³/mol. The number of carbonyl (C=O) groups excluding carboxylic acids is 2. The zero-order chi connectivity index (χ0) is 27.6. The number of amides is 1. The van der Waals surface area contributed by atoms with E-state index < -0.39 is 18.0 Å². The van der Waals surface area contributed by atoms with Crippen LogP contribution in [0.25, 0.3) is 44.5 Å². The fourth-order valence-corrected chi connectivity index (χ4v) is 5.23. The first-order valence-electron chi connectivity index (χ1n) is 13.0. The number of benzene rings is 4. The van der Waals surface area contributed by atoms with Gasteiger partial charge in [0.05, 0.1) is 22.3 Å². The zero-order valence-electron chi connectivity index (χ0n) is 22.0. The second kappa shape index (κ2) is 10.7. The highest BCUT2D eigenvalue weighted by Gasteiger charge is 2.23. The molecule has 0 saturated carbocycles. The lowest BCUT2D eigenvalue weighted by Gasteiger charge is -2.15. The number of fused-ring (bicyclic) bond motifs is 2. The van der Waals surface area contributed by atoms with Gasteiger partial charge in [-0.05, 0) is 48.4 Å². The van der Waals surface area contributed by atoms with Crippen molar-refractivity contribution in [1.29, 1.82) is 0 Å². The maximum Gasteiger partial charge on any atom is 0.338 e. The van der Waals surface area contributed by atoms with Gasteiger partial charge in [0.1, 0.15) is 5.82 Å². The molecule has 6 rings (SSSR count). The summed E-state index contributed by atoms with van der Waals surface area (Å²) in [5.74, 6) is -0.274. The number of hydrogen-bond acceptors (Lipinski definition) is 6. The molecule has 0 aliphatic rings. The van der Waals surface area contributed by atoms with Crippen LogP contribution in [0.5, 0.6) is 0 Å². The molecule has 1 atom stereocenters. The minimum Gasteiger partial charge on any atom is -0.449 e. The number of nitrogens with one attached hydrogen (secondary N) is 2. The van der Waals surface area contributed by atoms with E-state index in [0.29, 0.717) is 22.6 Å². The molecule has 40 heavy (non-hydrogen) atoms. The number of thiazole rings is 1. The molecule has 0 aliphatic carbocycles. The Hall–Kier alpha value is -4.82. The molecule has 0 fully saturated rings. The number of H-pyrrole nitrogens is 1. The summed E-state index contributed by atoms with van der Waals surface area (Å²) in [6.45, 7) is 3.83. The minimum atomic E-state index is -0.957. The van der Waals surface area contributed by atoms with Gasteiger partial charge < -0.3 is 9.72 Å². The zero-order valence-corrected chi connectivity index (χ0v) is 22.8. The number of carbonyl (C=O) groups is 2. The molecule has 198 valence electrons. The molecule has 2 aromatic heterocycles. The van der Waals surface area contributed by atoms with E-state index in [0.717, 1.165) is 38.9 Å². The molecule has 7 nitrogen and oxygen atoms in total. The van der Waals surface area contributed by atoms with E-state index >= 15 is 0 Å². The van der Waals surface area contributed by atoms with Gasteiger partial charge in [-0.15, -0.1) is 11.3 Å². The Labute approximate surface area is 234 Å². The molecule has 0 saturated heterocycles. The molecule has 4 aromatic carbocycles. The summed E-state index contributed by atoms with van der Waals surface area (Å²) in [4.78, 5) is 38.4. The molecule has 6 aromatic rings. The van der Waals surface area contributed by atoms with Crippen LogP contribution in [0, 0.1) is 6.92 Å². The van der Waals surface area contributed by atoms with E-state index in [1.807, 2.05) is 54.8 Å². The van der Waals surface area contributed by atoms with Crippen LogP contribution < -0.4 is 5.32 Å². The second-order valence-corrected chi connectivity index (χ2v) is 10.4. The summed E-state index contributed by atoms with van der Waals surface area (Å²) < 4.78 is 5.60. The number of anilines is 1. The Kier molecular flexibility index (Phi) is 6.84. The van der Waals surface area contributed by atoms with Crippen LogP contribution in [-0.2, 0) is 9.53 Å². The van der Waals surface area contributed by atoms with Crippen molar-refractivity contribution in [2.24, 2.45) is 0 Å². The minimum absolute atomic E-state index is 0.324. The monoisotopic (exact) mass is 546 g/mol. The summed E-state index contributed by atoms with van der Waals surface area (Å²) in [5, 5.41) is 7.43. The number of rotatable bonds is 7. The lowest BCUT2D eigenvalue weighted by Crippen LogP contribution is -2.32. The van der Waals surface area contributed by atoms with Crippen molar-refractivity contribution in [2.75, 3.05) is 5.32 Å². The van der Waals surface area contributed by atoms with Crippen molar-refractivity contribution >= 4 is 50.2 Å². The highest BCUT2D eigenvalue weighted by atomic mass is 32.1. The third kappa shape index (κ3) is 5.21. The standard InChI is InChI=1S/C32H26N4O3S/c1-3-28(30(37)36-32-35-27(18-40-32)23-13-12-20-6-4-5-7-22(20)16-23)39-31(38)24-14-15-25-26(17-24)34-29(33-25)21-10-8-19(2)9-11-21/h4-18,28H,3H2,1-2H3,(H,33,34)(H,35,36,37). The van der Waals surface area contributed by atoms with Crippen LogP contribution in [0.4, 0.5) is 5.13 Å². The van der Waals surface area contributed by atoms with E-state index in [4.69, 9.17) is 4.74 Å². The van der Waals surface area contributed by atoms with Crippen LogP contribution in [0.2, 0.25) is 0 Å². The summed E-state index contributed by atoms with van der Waals surface area (Å²) in [6, 6.07) is 27.4. The van der Waals surface area contributed by atoms with Crippen molar-refractivity contribution in [3.05, 3.63) is 101 Å². The molecular formula is C32H26N4O3S. The molecule has 8 heteroatoms. The summed E-state index contributed by atoms with van der Waals surface area (Å²) in [6.07, 6.45) is -0.634. The molecule has 0 radical (unpaired) electrons. The third-order valence-electron chi connectivity index (χ3n) is 6.73. The van der Waals surface area contributed by atoms with Gasteiger partial charge in [0, 0.05) is 16.5 Å². The fraction of sp³-hybridized carbons (Fsp3) is 0.125. The maximum absolute atomic E-state index is 13.0. The molecule has 1 amide bonds. The first-order chi connectivity index (χ1) is 19.5. The van der Waals surface area contributed by atoms with Crippen LogP contribution in [-0.4, -0.2) is 32.9 Å². The first kappa shape index (κ1) is 25.5. The van der Waals surface area contributed by atoms with E-state index in [1.165, 1.54) is 16.9 Å². The summed E-state index contributed by atoms with van der Waals surface area (Å²) in [5.41, 5.74) is 5.65. The quantitative estimate of drug-likeness (QED) is 0.204. The van der Waals surface area contributed by atoms with Crippen molar-refractivity contribution < 1.29 is 14.3 Å². The molecule has 2 N–H and O–H groups in total. The van der Waals surface area contributed by atoms with Gasteiger partial charge in [0.15, 0.2) is 11.2 Å². The predicted octanol–water partition coefficient (Wildman–Crippen LogP) is 7.39. The number of imidazole rings is 1. The molecule has 2 heterocycles. The van der Waals surface area contributed by atoms with Crippen molar-refractivity contribution in [3.8, 4) is 22.6 Å². The topological polar surface area (TPSA) is 97.0 Å². The van der Waals surface area contributed by atoms with E-state index in [2.05, 4.69) is 44.5 Å². The summed E-state index contributed by atoms with van der Waals surface area (Å²) >= 11 is 1.33. The van der Waals surface area contributed by atoms with Crippen LogP contribution in [0.1, 0.15) is 29.3 Å². The Balaban J connectivity index is 1.13. The highest BCUT2D eigenvalue weighted by molar-refractivity contribution is 7.14. The van der Waals surface area contributed by atoms with Crippen molar-refractivity contribution in [3.63, 3.8) is 0 Å². The smallest absolute Gasteiger partial charge is 0.338 e. The van der Waals surface area contributed by atoms with Gasteiger partial charge in [0.25, 0.3) is 5.91 Å². The fourth-order valence-electron chi connectivity index (χ4n) is 4.50. The van der Waals surface area contributed by atoms with E-state index in [-0.39, 0.29) is 0 Å². The number of nitrogens with zero attached hydrogens (tertiary/aromatic N) is 2. The van der Waals surface area contributed by atoms with Crippen LogP contribution in [0.3, 0.4) is 0 Å². The van der Waals surface area contributed by atoms with Gasteiger partial charge in [-0.1, -0.05) is 73.2 Å². The molecular weight excluding hydrogens is 520 g/mol. The average molecular weight is 547 g/mol. The van der Waals surface area contributed by atoms with Gasteiger partial charge in [-0.2, -0.15) is 0 Å². The molecule has 1 unspecified atom stereocenters.